The molecule has 0 radical (unpaired) electrons. The van der Waals surface area contributed by atoms with Crippen LogP contribution in [-0.2, 0) is 11.2 Å². The number of benzene rings is 2. The molecular weight excluding hydrogens is 324 g/mol. The first-order chi connectivity index (χ1) is 11.3. The zero-order valence-electron chi connectivity index (χ0n) is 14.0. The Labute approximate surface area is 147 Å². The van der Waals surface area contributed by atoms with Crippen LogP contribution in [0.2, 0.25) is 5.02 Å². The van der Waals surface area contributed by atoms with Gasteiger partial charge in [0.2, 0.25) is 5.91 Å². The molecule has 0 bridgehead atoms. The molecule has 0 spiro atoms. The average Bonchev–Trinajstić information content (AvgIpc) is 2.49. The van der Waals surface area contributed by atoms with Crippen molar-refractivity contribution in [2.24, 2.45) is 5.92 Å². The summed E-state index contributed by atoms with van der Waals surface area (Å²) in [6.45, 7) is 5.74. The second-order valence-electron chi connectivity index (χ2n) is 6.12. The zero-order valence-corrected chi connectivity index (χ0v) is 14.8. The lowest BCUT2D eigenvalue weighted by molar-refractivity contribution is -0.114. The molecule has 4 nitrogen and oxygen atoms in total. The molecule has 24 heavy (non-hydrogen) atoms. The van der Waals surface area contributed by atoms with E-state index in [9.17, 15) is 9.59 Å². The van der Waals surface area contributed by atoms with Gasteiger partial charge < -0.3 is 10.6 Å². The Morgan fingerprint density at radius 2 is 1.71 bits per heavy atom. The number of amides is 2. The summed E-state index contributed by atoms with van der Waals surface area (Å²) < 4.78 is 0. The molecule has 2 N–H and O–H groups in total. The third-order valence-corrected chi connectivity index (χ3v) is 3.71. The summed E-state index contributed by atoms with van der Waals surface area (Å²) in [5, 5.41) is 5.80. The highest BCUT2D eigenvalue weighted by atomic mass is 35.5. The fraction of sp³-hybridized carbons (Fsp3) is 0.263. The van der Waals surface area contributed by atoms with Crippen LogP contribution >= 0.6 is 11.6 Å². The Kier molecular flexibility index (Phi) is 5.99. The van der Waals surface area contributed by atoms with Gasteiger partial charge in [0, 0.05) is 18.2 Å². The normalized spacial score (nSPS) is 10.5. The fourth-order valence-electron chi connectivity index (χ4n) is 2.35. The molecule has 0 aliphatic rings. The number of hydrogen-bond acceptors (Lipinski definition) is 2. The van der Waals surface area contributed by atoms with E-state index in [2.05, 4.69) is 24.5 Å². The third-order valence-electron chi connectivity index (χ3n) is 3.40. The number of nitrogens with one attached hydrogen (secondary N) is 2. The van der Waals surface area contributed by atoms with E-state index in [-0.39, 0.29) is 11.8 Å². The standard InChI is InChI=1S/C19H21ClN2O2/c1-12(2)10-14-4-6-15(7-5-14)19(24)22-16-8-9-18(17(20)11-16)21-13(3)23/h4-9,11-12H,10H2,1-3H3,(H,21,23)(H,22,24). The van der Waals surface area contributed by atoms with E-state index < -0.39 is 0 Å². The third kappa shape index (κ3) is 5.10. The number of hydrogen-bond donors (Lipinski definition) is 2. The quantitative estimate of drug-likeness (QED) is 0.822. The number of anilines is 2. The van der Waals surface area contributed by atoms with Gasteiger partial charge in [-0.3, -0.25) is 9.59 Å². The summed E-state index contributed by atoms with van der Waals surface area (Å²) in [7, 11) is 0. The highest BCUT2D eigenvalue weighted by Gasteiger charge is 2.09. The maximum absolute atomic E-state index is 12.3. The second-order valence-corrected chi connectivity index (χ2v) is 6.53. The predicted octanol–water partition coefficient (Wildman–Crippen LogP) is 4.75. The van der Waals surface area contributed by atoms with Crippen molar-refractivity contribution < 1.29 is 9.59 Å². The minimum atomic E-state index is -0.200. The lowest BCUT2D eigenvalue weighted by Crippen LogP contribution is -2.12. The maximum Gasteiger partial charge on any atom is 0.255 e. The largest absolute Gasteiger partial charge is 0.325 e. The fourth-order valence-corrected chi connectivity index (χ4v) is 2.58. The van der Waals surface area contributed by atoms with Crippen LogP contribution in [0.5, 0.6) is 0 Å². The van der Waals surface area contributed by atoms with Gasteiger partial charge in [0.1, 0.15) is 0 Å². The van der Waals surface area contributed by atoms with Gasteiger partial charge in [0.05, 0.1) is 10.7 Å². The number of halogens is 1. The van der Waals surface area contributed by atoms with E-state index in [4.69, 9.17) is 11.6 Å². The summed E-state index contributed by atoms with van der Waals surface area (Å²) in [4.78, 5) is 23.4. The Morgan fingerprint density at radius 1 is 1.04 bits per heavy atom. The van der Waals surface area contributed by atoms with Crippen LogP contribution in [0.4, 0.5) is 11.4 Å². The van der Waals surface area contributed by atoms with Crippen LogP contribution in [0.25, 0.3) is 0 Å². The van der Waals surface area contributed by atoms with Crippen LogP contribution in [0.15, 0.2) is 42.5 Å². The average molecular weight is 345 g/mol. The van der Waals surface area contributed by atoms with Crippen molar-refractivity contribution in [1.29, 1.82) is 0 Å². The van der Waals surface area contributed by atoms with Gasteiger partial charge in [-0.1, -0.05) is 37.6 Å². The summed E-state index contributed by atoms with van der Waals surface area (Å²) >= 11 is 6.11. The first-order valence-electron chi connectivity index (χ1n) is 7.82. The van der Waals surface area contributed by atoms with Gasteiger partial charge in [-0.25, -0.2) is 0 Å². The van der Waals surface area contributed by atoms with E-state index in [1.54, 1.807) is 18.2 Å². The topological polar surface area (TPSA) is 58.2 Å². The summed E-state index contributed by atoms with van der Waals surface area (Å²) in [5.74, 6) is 0.179. The molecular formula is C19H21ClN2O2. The number of carbonyl (C=O) groups excluding carboxylic acids is 2. The molecule has 0 aliphatic heterocycles. The molecule has 0 aliphatic carbocycles. The molecule has 0 saturated heterocycles. The van der Waals surface area contributed by atoms with Gasteiger partial charge in [0.25, 0.3) is 5.91 Å². The molecule has 2 amide bonds. The SMILES string of the molecule is CC(=O)Nc1ccc(NC(=O)c2ccc(CC(C)C)cc2)cc1Cl. The highest BCUT2D eigenvalue weighted by Crippen LogP contribution is 2.25. The zero-order chi connectivity index (χ0) is 17.7. The van der Waals surface area contributed by atoms with Crippen molar-refractivity contribution in [1.82, 2.24) is 0 Å². The monoisotopic (exact) mass is 344 g/mol. The van der Waals surface area contributed by atoms with Crippen molar-refractivity contribution in [3.05, 3.63) is 58.6 Å². The Bertz CT molecular complexity index is 740. The molecule has 0 fully saturated rings. The van der Waals surface area contributed by atoms with E-state index >= 15 is 0 Å². The molecule has 2 rings (SSSR count). The van der Waals surface area contributed by atoms with E-state index in [0.717, 1.165) is 6.42 Å². The summed E-state index contributed by atoms with van der Waals surface area (Å²) in [6, 6.07) is 12.6. The smallest absolute Gasteiger partial charge is 0.255 e. The van der Waals surface area contributed by atoms with Gasteiger partial charge in [-0.2, -0.15) is 0 Å². The van der Waals surface area contributed by atoms with Crippen molar-refractivity contribution in [3.8, 4) is 0 Å². The minimum absolute atomic E-state index is 0.199. The van der Waals surface area contributed by atoms with Crippen LogP contribution in [-0.4, -0.2) is 11.8 Å². The number of carbonyl (C=O) groups is 2. The van der Waals surface area contributed by atoms with Crippen LogP contribution < -0.4 is 10.6 Å². The lowest BCUT2D eigenvalue weighted by atomic mass is 10.0. The van der Waals surface area contributed by atoms with Gasteiger partial charge in [-0.15, -0.1) is 0 Å². The van der Waals surface area contributed by atoms with Gasteiger partial charge >= 0.3 is 0 Å². The lowest BCUT2D eigenvalue weighted by Gasteiger charge is -2.10. The van der Waals surface area contributed by atoms with Crippen molar-refractivity contribution in [3.63, 3.8) is 0 Å². The van der Waals surface area contributed by atoms with Crippen LogP contribution in [0.3, 0.4) is 0 Å². The molecule has 0 unspecified atom stereocenters. The molecule has 0 saturated carbocycles. The molecule has 2 aromatic carbocycles. The predicted molar refractivity (Wildman–Crippen MR) is 98.7 cm³/mol. The van der Waals surface area contributed by atoms with E-state index in [1.807, 2.05) is 24.3 Å². The molecule has 2 aromatic rings. The van der Waals surface area contributed by atoms with E-state index in [1.165, 1.54) is 12.5 Å². The molecule has 126 valence electrons. The second kappa shape index (κ2) is 7.97. The summed E-state index contributed by atoms with van der Waals surface area (Å²) in [5.41, 5.74) is 2.89. The van der Waals surface area contributed by atoms with Crippen LogP contribution in [0, 0.1) is 5.92 Å². The Balaban J connectivity index is 2.06. The van der Waals surface area contributed by atoms with Crippen LogP contribution in [0.1, 0.15) is 36.7 Å². The molecule has 0 heterocycles. The molecule has 0 aromatic heterocycles. The maximum atomic E-state index is 12.3. The minimum Gasteiger partial charge on any atom is -0.325 e. The highest BCUT2D eigenvalue weighted by molar-refractivity contribution is 6.34. The molecule has 0 atom stereocenters. The Morgan fingerprint density at radius 3 is 2.25 bits per heavy atom. The van der Waals surface area contributed by atoms with Crippen molar-refractivity contribution in [2.45, 2.75) is 27.2 Å². The van der Waals surface area contributed by atoms with Gasteiger partial charge in [0.15, 0.2) is 0 Å². The van der Waals surface area contributed by atoms with Crippen molar-refractivity contribution in [2.75, 3.05) is 10.6 Å². The summed E-state index contributed by atoms with van der Waals surface area (Å²) in [6.07, 6.45) is 0.988. The first kappa shape index (κ1) is 18.0. The van der Waals surface area contributed by atoms with Gasteiger partial charge in [-0.05, 0) is 48.2 Å². The van der Waals surface area contributed by atoms with Crippen molar-refractivity contribution >= 4 is 34.8 Å². The van der Waals surface area contributed by atoms with E-state index in [0.29, 0.717) is 27.9 Å². The Hall–Kier alpha value is -2.33. The molecule has 5 heteroatoms. The first-order valence-corrected chi connectivity index (χ1v) is 8.20. The number of rotatable bonds is 5.